The molecule has 1 heterocycles. The lowest BCUT2D eigenvalue weighted by Gasteiger charge is -2.18. The molecule has 1 aliphatic heterocycles. The second-order valence-electron chi connectivity index (χ2n) is 5.99. The van der Waals surface area contributed by atoms with Crippen LogP contribution in [-0.4, -0.2) is 47.2 Å². The Bertz CT molecular complexity index is 531. The van der Waals surface area contributed by atoms with Crippen molar-refractivity contribution < 1.29 is 13.7 Å². The Kier molecular flexibility index (Phi) is 5.97. The van der Waals surface area contributed by atoms with Crippen molar-refractivity contribution in [1.82, 2.24) is 4.90 Å². The van der Waals surface area contributed by atoms with E-state index in [1.807, 2.05) is 0 Å². The van der Waals surface area contributed by atoms with E-state index in [9.17, 15) is 9.00 Å². The fourth-order valence-corrected chi connectivity index (χ4v) is 2.83. The van der Waals surface area contributed by atoms with Gasteiger partial charge in [-0.05, 0) is 36.6 Å². The first-order valence-electron chi connectivity index (χ1n) is 7.56. The van der Waals surface area contributed by atoms with Crippen LogP contribution in [0.2, 0.25) is 0 Å². The van der Waals surface area contributed by atoms with Gasteiger partial charge >= 0.3 is 6.03 Å². The van der Waals surface area contributed by atoms with Crippen molar-refractivity contribution in [3.63, 3.8) is 0 Å². The highest BCUT2D eigenvalue weighted by Gasteiger charge is 2.26. The van der Waals surface area contributed by atoms with Gasteiger partial charge in [-0.3, -0.25) is 4.21 Å². The normalized spacial score (nSPS) is 19.5. The second-order valence-corrected chi connectivity index (χ2v) is 7.37. The van der Waals surface area contributed by atoms with Crippen molar-refractivity contribution >= 4 is 22.5 Å². The summed E-state index contributed by atoms with van der Waals surface area (Å²) in [5.41, 5.74) is 0.714. The summed E-state index contributed by atoms with van der Waals surface area (Å²) in [6, 6.07) is 6.98. The van der Waals surface area contributed by atoms with Crippen molar-refractivity contribution in [2.75, 3.05) is 31.3 Å². The lowest BCUT2D eigenvalue weighted by Crippen LogP contribution is -2.34. The van der Waals surface area contributed by atoms with E-state index in [1.54, 1.807) is 35.4 Å². The fourth-order valence-electron chi connectivity index (χ4n) is 2.31. The summed E-state index contributed by atoms with van der Waals surface area (Å²) in [5, 5.41) is 2.87. The van der Waals surface area contributed by atoms with Crippen LogP contribution >= 0.6 is 0 Å². The van der Waals surface area contributed by atoms with E-state index in [2.05, 4.69) is 19.2 Å². The number of amides is 2. The molecular weight excluding hydrogens is 300 g/mol. The van der Waals surface area contributed by atoms with Crippen LogP contribution in [0.25, 0.3) is 0 Å². The van der Waals surface area contributed by atoms with Gasteiger partial charge in [-0.1, -0.05) is 13.8 Å². The van der Waals surface area contributed by atoms with E-state index >= 15 is 0 Å². The quantitative estimate of drug-likeness (QED) is 0.906. The Labute approximate surface area is 134 Å². The first kappa shape index (κ1) is 17.0. The van der Waals surface area contributed by atoms with E-state index in [-0.39, 0.29) is 12.1 Å². The third-order valence-electron chi connectivity index (χ3n) is 3.54. The molecule has 1 fully saturated rings. The summed E-state index contributed by atoms with van der Waals surface area (Å²) < 4.78 is 17.1. The predicted molar refractivity (Wildman–Crippen MR) is 88.6 cm³/mol. The third-order valence-corrected chi connectivity index (χ3v) is 4.47. The Morgan fingerprint density at radius 2 is 2.09 bits per heavy atom. The maximum Gasteiger partial charge on any atom is 0.321 e. The highest BCUT2D eigenvalue weighted by atomic mass is 32.2. The zero-order chi connectivity index (χ0) is 16.1. The van der Waals surface area contributed by atoms with Crippen molar-refractivity contribution in [2.24, 2.45) is 5.92 Å². The molecule has 0 aromatic heterocycles. The molecule has 6 heteroatoms. The Morgan fingerprint density at radius 1 is 1.41 bits per heavy atom. The molecule has 0 unspecified atom stereocenters. The minimum atomic E-state index is -1.00. The number of rotatable bonds is 5. The zero-order valence-corrected chi connectivity index (χ0v) is 14.2. The highest BCUT2D eigenvalue weighted by molar-refractivity contribution is 7.84. The average molecular weight is 324 g/mol. The molecule has 2 rings (SSSR count). The molecule has 0 radical (unpaired) electrons. The summed E-state index contributed by atoms with van der Waals surface area (Å²) in [6.07, 6.45) is 2.65. The predicted octanol–water partition coefficient (Wildman–Crippen LogP) is 2.70. The minimum absolute atomic E-state index is 0.110. The molecular formula is C16H24N2O3S. The van der Waals surface area contributed by atoms with Crippen LogP contribution in [0, 0.1) is 5.92 Å². The topological polar surface area (TPSA) is 58.6 Å². The molecule has 122 valence electrons. The zero-order valence-electron chi connectivity index (χ0n) is 13.4. The number of hydrogen-bond donors (Lipinski definition) is 1. The molecule has 2 atom stereocenters. The van der Waals surface area contributed by atoms with E-state index in [0.29, 0.717) is 24.7 Å². The van der Waals surface area contributed by atoms with E-state index in [1.165, 1.54) is 0 Å². The van der Waals surface area contributed by atoms with Crippen LogP contribution in [0.3, 0.4) is 0 Å². The van der Waals surface area contributed by atoms with Gasteiger partial charge in [-0.25, -0.2) is 4.79 Å². The molecule has 0 spiro atoms. The molecule has 2 amide bonds. The van der Waals surface area contributed by atoms with Crippen LogP contribution in [0.5, 0.6) is 0 Å². The standard InChI is InChI=1S/C16H24N2O3S/c1-12(2)11-21-14-8-9-18(10-14)16(19)17-13-4-6-15(7-5-13)22(3)20/h4-7,12,14H,8-11H2,1-3H3,(H,17,19)/t14-,22-/m0/s1. The molecule has 1 aliphatic rings. The number of benzene rings is 1. The maximum atomic E-state index is 12.2. The molecule has 1 saturated heterocycles. The number of carbonyl (C=O) groups excluding carboxylic acids is 1. The highest BCUT2D eigenvalue weighted by Crippen LogP contribution is 2.17. The molecule has 0 aliphatic carbocycles. The number of carbonyl (C=O) groups is 1. The van der Waals surface area contributed by atoms with Crippen LogP contribution in [0.15, 0.2) is 29.2 Å². The van der Waals surface area contributed by atoms with Gasteiger partial charge in [0.1, 0.15) is 0 Å². The number of likely N-dealkylation sites (tertiary alicyclic amines) is 1. The van der Waals surface area contributed by atoms with Crippen molar-refractivity contribution in [1.29, 1.82) is 0 Å². The lowest BCUT2D eigenvalue weighted by molar-refractivity contribution is 0.0440. The van der Waals surface area contributed by atoms with Gasteiger partial charge in [0.25, 0.3) is 0 Å². The lowest BCUT2D eigenvalue weighted by atomic mass is 10.2. The number of anilines is 1. The maximum absolute atomic E-state index is 12.2. The number of nitrogens with one attached hydrogen (secondary N) is 1. The van der Waals surface area contributed by atoms with Gasteiger partial charge in [0, 0.05) is 47.3 Å². The fraction of sp³-hybridized carbons (Fsp3) is 0.562. The molecule has 5 nitrogen and oxygen atoms in total. The van der Waals surface area contributed by atoms with Crippen molar-refractivity contribution in [3.8, 4) is 0 Å². The minimum Gasteiger partial charge on any atom is -0.376 e. The van der Waals surface area contributed by atoms with Crippen LogP contribution in [-0.2, 0) is 15.5 Å². The molecule has 22 heavy (non-hydrogen) atoms. The van der Waals surface area contributed by atoms with E-state index < -0.39 is 10.8 Å². The monoisotopic (exact) mass is 324 g/mol. The number of hydrogen-bond acceptors (Lipinski definition) is 3. The number of urea groups is 1. The number of ether oxygens (including phenoxy) is 1. The third kappa shape index (κ3) is 4.81. The smallest absolute Gasteiger partial charge is 0.321 e. The average Bonchev–Trinajstić information content (AvgIpc) is 2.94. The molecule has 1 N–H and O–H groups in total. The van der Waals surface area contributed by atoms with E-state index in [4.69, 9.17) is 4.74 Å². The first-order chi connectivity index (χ1) is 10.5. The first-order valence-corrected chi connectivity index (χ1v) is 9.12. The Balaban J connectivity index is 1.84. The van der Waals surface area contributed by atoms with Gasteiger partial charge in [0.2, 0.25) is 0 Å². The van der Waals surface area contributed by atoms with E-state index in [0.717, 1.165) is 17.9 Å². The molecule has 0 bridgehead atoms. The summed E-state index contributed by atoms with van der Waals surface area (Å²) >= 11 is 0. The van der Waals surface area contributed by atoms with Gasteiger partial charge in [-0.15, -0.1) is 0 Å². The second kappa shape index (κ2) is 7.74. The van der Waals surface area contributed by atoms with Gasteiger partial charge < -0.3 is 15.0 Å². The Morgan fingerprint density at radius 3 is 2.68 bits per heavy atom. The van der Waals surface area contributed by atoms with Gasteiger partial charge in [-0.2, -0.15) is 0 Å². The van der Waals surface area contributed by atoms with Crippen LogP contribution in [0.4, 0.5) is 10.5 Å². The SMILES string of the molecule is CC(C)CO[C@H]1CCN(C(=O)Nc2ccc([S@](C)=O)cc2)C1. The molecule has 1 aromatic rings. The van der Waals surface area contributed by atoms with Gasteiger partial charge in [0.15, 0.2) is 0 Å². The van der Waals surface area contributed by atoms with Crippen LogP contribution in [0.1, 0.15) is 20.3 Å². The largest absolute Gasteiger partial charge is 0.376 e. The molecule has 1 aromatic carbocycles. The number of nitrogens with zero attached hydrogens (tertiary/aromatic N) is 1. The Hall–Kier alpha value is -1.40. The van der Waals surface area contributed by atoms with Crippen LogP contribution < -0.4 is 5.32 Å². The summed E-state index contributed by atoms with van der Waals surface area (Å²) in [5.74, 6) is 0.505. The summed E-state index contributed by atoms with van der Waals surface area (Å²) in [7, 11) is -1.00. The van der Waals surface area contributed by atoms with Gasteiger partial charge in [0.05, 0.1) is 6.10 Å². The summed E-state index contributed by atoms with van der Waals surface area (Å²) in [4.78, 5) is 14.7. The summed E-state index contributed by atoms with van der Waals surface area (Å²) in [6.45, 7) is 6.32. The van der Waals surface area contributed by atoms with Crippen molar-refractivity contribution in [3.05, 3.63) is 24.3 Å². The molecule has 0 saturated carbocycles. The van der Waals surface area contributed by atoms with Crippen molar-refractivity contribution in [2.45, 2.75) is 31.3 Å².